The van der Waals surface area contributed by atoms with Crippen LogP contribution in [-0.2, 0) is 6.42 Å². The Labute approximate surface area is 142 Å². The van der Waals surface area contributed by atoms with E-state index < -0.39 is 0 Å². The Balaban J connectivity index is 2.96. The Hall–Kier alpha value is -1.70. The molecule has 0 amide bonds. The first-order chi connectivity index (χ1) is 10.9. The molecule has 0 N–H and O–H groups in total. The SMILES string of the molecule is COc1ccc(C/C=C(\C)CCC=C(C)C)c(OC)c1C(C)C. The largest absolute Gasteiger partial charge is 0.496 e. The predicted octanol–water partition coefficient (Wildman–Crippen LogP) is 6.06. The lowest BCUT2D eigenvalue weighted by Crippen LogP contribution is -2.02. The Morgan fingerprint density at radius 1 is 1.04 bits per heavy atom. The molecule has 128 valence electrons. The van der Waals surface area contributed by atoms with Crippen LogP contribution in [0.3, 0.4) is 0 Å². The van der Waals surface area contributed by atoms with Crippen molar-refractivity contribution in [3.63, 3.8) is 0 Å². The normalized spacial score (nSPS) is 11.6. The fourth-order valence-corrected chi connectivity index (χ4v) is 2.73. The maximum Gasteiger partial charge on any atom is 0.129 e. The molecule has 0 saturated heterocycles. The highest BCUT2D eigenvalue weighted by molar-refractivity contribution is 5.52. The highest BCUT2D eigenvalue weighted by Crippen LogP contribution is 2.38. The van der Waals surface area contributed by atoms with Crippen LogP contribution in [0.25, 0.3) is 0 Å². The quantitative estimate of drug-likeness (QED) is 0.542. The molecule has 0 fully saturated rings. The van der Waals surface area contributed by atoms with Crippen LogP contribution in [0, 0.1) is 0 Å². The van der Waals surface area contributed by atoms with E-state index in [2.05, 4.69) is 58.9 Å². The fraction of sp³-hybridized carbons (Fsp3) is 0.524. The van der Waals surface area contributed by atoms with Crippen molar-refractivity contribution < 1.29 is 9.47 Å². The van der Waals surface area contributed by atoms with Gasteiger partial charge >= 0.3 is 0 Å². The summed E-state index contributed by atoms with van der Waals surface area (Å²) in [7, 11) is 3.46. The topological polar surface area (TPSA) is 18.5 Å². The van der Waals surface area contributed by atoms with Gasteiger partial charge in [0.25, 0.3) is 0 Å². The van der Waals surface area contributed by atoms with Gasteiger partial charge in [0, 0.05) is 5.56 Å². The van der Waals surface area contributed by atoms with Crippen LogP contribution in [0.2, 0.25) is 0 Å². The summed E-state index contributed by atoms with van der Waals surface area (Å²) >= 11 is 0. The van der Waals surface area contributed by atoms with Crippen molar-refractivity contribution in [2.45, 2.75) is 59.8 Å². The molecule has 0 bridgehead atoms. The minimum absolute atomic E-state index is 0.364. The number of benzene rings is 1. The number of rotatable bonds is 8. The molecule has 0 radical (unpaired) electrons. The number of methoxy groups -OCH3 is 2. The van der Waals surface area contributed by atoms with Crippen LogP contribution in [0.15, 0.2) is 35.4 Å². The summed E-state index contributed by atoms with van der Waals surface area (Å²) in [6.45, 7) is 10.8. The van der Waals surface area contributed by atoms with Crippen LogP contribution in [0.5, 0.6) is 11.5 Å². The second-order valence-electron chi connectivity index (χ2n) is 6.60. The zero-order valence-electron chi connectivity index (χ0n) is 15.8. The van der Waals surface area contributed by atoms with Gasteiger partial charge in [-0.25, -0.2) is 0 Å². The molecule has 0 aromatic heterocycles. The van der Waals surface area contributed by atoms with Gasteiger partial charge < -0.3 is 9.47 Å². The second kappa shape index (κ2) is 9.44. The van der Waals surface area contributed by atoms with Crippen LogP contribution in [0.4, 0.5) is 0 Å². The molecular weight excluding hydrogens is 284 g/mol. The van der Waals surface area contributed by atoms with Crippen LogP contribution in [-0.4, -0.2) is 14.2 Å². The molecule has 1 rings (SSSR count). The standard InChI is InChI=1S/C21H32O2/c1-15(2)9-8-10-17(5)11-12-18-13-14-19(22-6)20(16(3)4)21(18)23-7/h9,11,13-14,16H,8,10,12H2,1-7H3/b17-11+. The van der Waals surface area contributed by atoms with E-state index in [4.69, 9.17) is 9.47 Å². The molecule has 0 atom stereocenters. The van der Waals surface area contributed by atoms with Crippen molar-refractivity contribution in [3.05, 3.63) is 46.6 Å². The smallest absolute Gasteiger partial charge is 0.129 e. The van der Waals surface area contributed by atoms with E-state index in [1.54, 1.807) is 14.2 Å². The third kappa shape index (κ3) is 5.78. The minimum Gasteiger partial charge on any atom is -0.496 e. The van der Waals surface area contributed by atoms with Crippen LogP contribution in [0.1, 0.15) is 64.5 Å². The first-order valence-electron chi connectivity index (χ1n) is 8.43. The van der Waals surface area contributed by atoms with Gasteiger partial charge in [-0.1, -0.05) is 43.2 Å². The van der Waals surface area contributed by atoms with Crippen molar-refractivity contribution in [1.29, 1.82) is 0 Å². The van der Waals surface area contributed by atoms with E-state index in [9.17, 15) is 0 Å². The molecular formula is C21H32O2. The first-order valence-corrected chi connectivity index (χ1v) is 8.43. The Morgan fingerprint density at radius 2 is 1.74 bits per heavy atom. The molecule has 1 aromatic rings. The summed E-state index contributed by atoms with van der Waals surface area (Å²) in [5.74, 6) is 2.24. The van der Waals surface area contributed by atoms with Gasteiger partial charge in [0.2, 0.25) is 0 Å². The first kappa shape index (κ1) is 19.3. The zero-order valence-corrected chi connectivity index (χ0v) is 15.8. The highest BCUT2D eigenvalue weighted by atomic mass is 16.5. The van der Waals surface area contributed by atoms with Crippen LogP contribution < -0.4 is 9.47 Å². The molecule has 0 heterocycles. The highest BCUT2D eigenvalue weighted by Gasteiger charge is 2.17. The van der Waals surface area contributed by atoms with Gasteiger partial charge in [-0.15, -0.1) is 0 Å². The molecule has 2 nitrogen and oxygen atoms in total. The maximum atomic E-state index is 5.71. The van der Waals surface area contributed by atoms with Gasteiger partial charge in [0.05, 0.1) is 14.2 Å². The lowest BCUT2D eigenvalue weighted by Gasteiger charge is -2.19. The van der Waals surface area contributed by atoms with Crippen molar-refractivity contribution in [3.8, 4) is 11.5 Å². The minimum atomic E-state index is 0.364. The summed E-state index contributed by atoms with van der Waals surface area (Å²) in [5, 5.41) is 0. The number of hydrogen-bond acceptors (Lipinski definition) is 2. The molecule has 0 saturated carbocycles. The van der Waals surface area contributed by atoms with Gasteiger partial charge in [-0.3, -0.25) is 0 Å². The Kier molecular flexibility index (Phi) is 7.94. The van der Waals surface area contributed by atoms with Gasteiger partial charge in [0.1, 0.15) is 11.5 Å². The summed E-state index contributed by atoms with van der Waals surface area (Å²) in [4.78, 5) is 0. The third-order valence-electron chi connectivity index (χ3n) is 4.00. The summed E-state index contributed by atoms with van der Waals surface area (Å²) in [6.07, 6.45) is 7.73. The molecule has 0 aliphatic rings. The van der Waals surface area contributed by atoms with Crippen molar-refractivity contribution in [2.24, 2.45) is 0 Å². The second-order valence-corrected chi connectivity index (χ2v) is 6.60. The van der Waals surface area contributed by atoms with E-state index in [-0.39, 0.29) is 0 Å². The summed E-state index contributed by atoms with van der Waals surface area (Å²) in [5.41, 5.74) is 5.18. The van der Waals surface area contributed by atoms with Crippen molar-refractivity contribution >= 4 is 0 Å². The number of allylic oxidation sites excluding steroid dienone is 4. The number of hydrogen-bond donors (Lipinski definition) is 0. The van der Waals surface area contributed by atoms with Crippen LogP contribution >= 0.6 is 0 Å². The average Bonchev–Trinajstić information content (AvgIpc) is 2.51. The molecule has 0 unspecified atom stereocenters. The zero-order chi connectivity index (χ0) is 17.4. The molecule has 2 heteroatoms. The van der Waals surface area contributed by atoms with E-state index >= 15 is 0 Å². The lowest BCUT2D eigenvalue weighted by atomic mass is 9.95. The Bertz CT molecular complexity index is 561. The van der Waals surface area contributed by atoms with Crippen molar-refractivity contribution in [1.82, 2.24) is 0 Å². The Morgan fingerprint density at radius 3 is 2.26 bits per heavy atom. The van der Waals surface area contributed by atoms with E-state index in [1.165, 1.54) is 16.7 Å². The predicted molar refractivity (Wildman–Crippen MR) is 99.8 cm³/mol. The summed E-state index contributed by atoms with van der Waals surface area (Å²) in [6, 6.07) is 4.17. The lowest BCUT2D eigenvalue weighted by molar-refractivity contribution is 0.379. The average molecular weight is 316 g/mol. The molecule has 0 aliphatic carbocycles. The third-order valence-corrected chi connectivity index (χ3v) is 4.00. The molecule has 0 spiro atoms. The van der Waals surface area contributed by atoms with Gasteiger partial charge in [0.15, 0.2) is 0 Å². The van der Waals surface area contributed by atoms with E-state index in [0.29, 0.717) is 5.92 Å². The molecule has 0 aliphatic heterocycles. The van der Waals surface area contributed by atoms with Crippen molar-refractivity contribution in [2.75, 3.05) is 14.2 Å². The molecule has 1 aromatic carbocycles. The van der Waals surface area contributed by atoms with Gasteiger partial charge in [-0.2, -0.15) is 0 Å². The monoisotopic (exact) mass is 316 g/mol. The fourth-order valence-electron chi connectivity index (χ4n) is 2.73. The summed E-state index contributed by atoms with van der Waals surface area (Å²) < 4.78 is 11.2. The molecule has 23 heavy (non-hydrogen) atoms. The van der Waals surface area contributed by atoms with Gasteiger partial charge in [-0.05, 0) is 57.6 Å². The number of ether oxygens (including phenoxy) is 2. The van der Waals surface area contributed by atoms with E-state index in [1.807, 2.05) is 0 Å². The van der Waals surface area contributed by atoms with E-state index in [0.717, 1.165) is 36.3 Å². The maximum absolute atomic E-state index is 5.71.